The summed E-state index contributed by atoms with van der Waals surface area (Å²) in [6.45, 7) is 1.75. The molecule has 0 spiro atoms. The van der Waals surface area contributed by atoms with E-state index in [-0.39, 0.29) is 0 Å². The quantitative estimate of drug-likeness (QED) is 0.443. The van der Waals surface area contributed by atoms with Gasteiger partial charge in [-0.15, -0.1) is 0 Å². The SMILES string of the molecule is C/C=C/C1OC(=O)C(c2ccccc2)C(=O)O1. The van der Waals surface area contributed by atoms with Crippen molar-refractivity contribution in [2.75, 3.05) is 0 Å². The maximum absolute atomic E-state index is 11.7. The first kappa shape index (κ1) is 11.4. The number of esters is 2. The van der Waals surface area contributed by atoms with Crippen molar-refractivity contribution in [3.63, 3.8) is 0 Å². The van der Waals surface area contributed by atoms with Crippen molar-refractivity contribution in [3.8, 4) is 0 Å². The predicted octanol–water partition coefficient (Wildman–Crippen LogP) is 1.77. The van der Waals surface area contributed by atoms with E-state index in [1.165, 1.54) is 6.08 Å². The third kappa shape index (κ3) is 2.36. The van der Waals surface area contributed by atoms with Crippen molar-refractivity contribution in [2.24, 2.45) is 0 Å². The van der Waals surface area contributed by atoms with Crippen LogP contribution in [-0.4, -0.2) is 18.2 Å². The molecule has 0 unspecified atom stereocenters. The zero-order valence-corrected chi connectivity index (χ0v) is 9.33. The van der Waals surface area contributed by atoms with Crippen LogP contribution in [0.25, 0.3) is 0 Å². The summed E-state index contributed by atoms with van der Waals surface area (Å²) in [5, 5.41) is 0. The van der Waals surface area contributed by atoms with Gasteiger partial charge in [0.25, 0.3) is 6.29 Å². The maximum Gasteiger partial charge on any atom is 0.328 e. The van der Waals surface area contributed by atoms with Crippen molar-refractivity contribution in [1.29, 1.82) is 0 Å². The second-order valence-electron chi connectivity index (χ2n) is 3.61. The van der Waals surface area contributed by atoms with Crippen LogP contribution < -0.4 is 0 Å². The first-order valence-electron chi connectivity index (χ1n) is 5.31. The average molecular weight is 232 g/mol. The molecule has 1 fully saturated rings. The van der Waals surface area contributed by atoms with E-state index in [0.717, 1.165) is 0 Å². The van der Waals surface area contributed by atoms with Gasteiger partial charge in [-0.1, -0.05) is 36.4 Å². The Bertz CT molecular complexity index is 432. The fraction of sp³-hybridized carbons (Fsp3) is 0.231. The minimum atomic E-state index is -0.974. The number of carbonyl (C=O) groups is 2. The lowest BCUT2D eigenvalue weighted by atomic mass is 9.99. The number of hydrogen-bond donors (Lipinski definition) is 0. The highest BCUT2D eigenvalue weighted by Gasteiger charge is 2.38. The molecule has 0 radical (unpaired) electrons. The molecule has 1 aliphatic heterocycles. The summed E-state index contributed by atoms with van der Waals surface area (Å²) in [5.41, 5.74) is 0.585. The number of hydrogen-bond acceptors (Lipinski definition) is 4. The number of cyclic esters (lactones) is 2. The van der Waals surface area contributed by atoms with Gasteiger partial charge in [0.1, 0.15) is 0 Å². The molecule has 0 N–H and O–H groups in total. The number of allylic oxidation sites excluding steroid dienone is 1. The maximum atomic E-state index is 11.7. The van der Waals surface area contributed by atoms with Gasteiger partial charge in [0, 0.05) is 0 Å². The Morgan fingerprint density at radius 1 is 1.06 bits per heavy atom. The molecular weight excluding hydrogens is 220 g/mol. The zero-order valence-electron chi connectivity index (χ0n) is 9.33. The van der Waals surface area contributed by atoms with Gasteiger partial charge in [0.15, 0.2) is 5.92 Å². The minimum absolute atomic E-state index is 0.574. The summed E-state index contributed by atoms with van der Waals surface area (Å²) in [4.78, 5) is 23.5. The van der Waals surface area contributed by atoms with E-state index < -0.39 is 24.1 Å². The van der Waals surface area contributed by atoms with E-state index in [1.807, 2.05) is 6.07 Å². The Kier molecular flexibility index (Phi) is 3.23. The van der Waals surface area contributed by atoms with Gasteiger partial charge in [0.2, 0.25) is 0 Å². The van der Waals surface area contributed by atoms with E-state index in [2.05, 4.69) is 0 Å². The number of benzene rings is 1. The van der Waals surface area contributed by atoms with E-state index in [0.29, 0.717) is 5.56 Å². The Labute approximate surface area is 98.8 Å². The molecule has 1 aliphatic rings. The van der Waals surface area contributed by atoms with Crippen molar-refractivity contribution in [2.45, 2.75) is 19.1 Å². The van der Waals surface area contributed by atoms with E-state index in [9.17, 15) is 9.59 Å². The molecule has 0 amide bonds. The molecule has 2 rings (SSSR count). The van der Waals surface area contributed by atoms with Crippen LogP contribution in [0, 0.1) is 0 Å². The summed E-state index contributed by atoms with van der Waals surface area (Å²) >= 11 is 0. The van der Waals surface area contributed by atoms with E-state index in [1.54, 1.807) is 37.3 Å². The fourth-order valence-corrected chi connectivity index (χ4v) is 1.64. The van der Waals surface area contributed by atoms with E-state index in [4.69, 9.17) is 9.47 Å². The first-order valence-corrected chi connectivity index (χ1v) is 5.31. The van der Waals surface area contributed by atoms with Crippen LogP contribution in [0.15, 0.2) is 42.5 Å². The molecule has 1 saturated heterocycles. The van der Waals surface area contributed by atoms with Gasteiger partial charge < -0.3 is 9.47 Å². The van der Waals surface area contributed by atoms with Crippen LogP contribution in [0.5, 0.6) is 0 Å². The zero-order chi connectivity index (χ0) is 12.3. The summed E-state index contributed by atoms with van der Waals surface area (Å²) in [6, 6.07) is 8.72. The van der Waals surface area contributed by atoms with Crippen molar-refractivity contribution >= 4 is 11.9 Å². The number of rotatable bonds is 2. The summed E-state index contributed by atoms with van der Waals surface area (Å²) in [5.74, 6) is -2.12. The monoisotopic (exact) mass is 232 g/mol. The van der Waals surface area contributed by atoms with Crippen LogP contribution in [0.4, 0.5) is 0 Å². The largest absolute Gasteiger partial charge is 0.420 e. The van der Waals surface area contributed by atoms with Gasteiger partial charge in [-0.05, 0) is 18.6 Å². The molecular formula is C13H12O4. The second-order valence-corrected chi connectivity index (χ2v) is 3.61. The predicted molar refractivity (Wildman–Crippen MR) is 60.0 cm³/mol. The molecule has 88 valence electrons. The van der Waals surface area contributed by atoms with Crippen LogP contribution in [0.3, 0.4) is 0 Å². The molecule has 4 nitrogen and oxygen atoms in total. The van der Waals surface area contributed by atoms with Gasteiger partial charge in [0.05, 0.1) is 0 Å². The Morgan fingerprint density at radius 3 is 2.18 bits per heavy atom. The third-order valence-corrected chi connectivity index (χ3v) is 2.42. The molecule has 4 heteroatoms. The molecule has 0 aromatic heterocycles. The molecule has 0 saturated carbocycles. The number of ether oxygens (including phenoxy) is 2. The summed E-state index contributed by atoms with van der Waals surface area (Å²) in [7, 11) is 0. The summed E-state index contributed by atoms with van der Waals surface area (Å²) < 4.78 is 9.99. The van der Waals surface area contributed by atoms with Gasteiger partial charge >= 0.3 is 11.9 Å². The van der Waals surface area contributed by atoms with Crippen LogP contribution in [-0.2, 0) is 19.1 Å². The number of carbonyl (C=O) groups excluding carboxylic acids is 2. The van der Waals surface area contributed by atoms with Crippen molar-refractivity contribution < 1.29 is 19.1 Å². The highest BCUT2D eigenvalue weighted by atomic mass is 16.7. The molecule has 1 aromatic rings. The third-order valence-electron chi connectivity index (χ3n) is 2.42. The van der Waals surface area contributed by atoms with Crippen LogP contribution in [0.1, 0.15) is 18.4 Å². The minimum Gasteiger partial charge on any atom is -0.420 e. The topological polar surface area (TPSA) is 52.6 Å². The highest BCUT2D eigenvalue weighted by Crippen LogP contribution is 2.25. The van der Waals surface area contributed by atoms with Crippen molar-refractivity contribution in [1.82, 2.24) is 0 Å². The first-order chi connectivity index (χ1) is 8.22. The molecule has 17 heavy (non-hydrogen) atoms. The van der Waals surface area contributed by atoms with Crippen LogP contribution >= 0.6 is 0 Å². The lowest BCUT2D eigenvalue weighted by Crippen LogP contribution is -2.38. The fourth-order valence-electron chi connectivity index (χ4n) is 1.64. The average Bonchev–Trinajstić information content (AvgIpc) is 2.30. The van der Waals surface area contributed by atoms with Gasteiger partial charge in [-0.3, -0.25) is 9.59 Å². The normalized spacial score (nSPS) is 24.5. The molecule has 1 heterocycles. The molecule has 0 atom stereocenters. The Balaban J connectivity index is 2.21. The van der Waals surface area contributed by atoms with E-state index >= 15 is 0 Å². The molecule has 1 aromatic carbocycles. The lowest BCUT2D eigenvalue weighted by molar-refractivity contribution is -0.197. The molecule has 0 bridgehead atoms. The van der Waals surface area contributed by atoms with Gasteiger partial charge in [-0.25, -0.2) is 0 Å². The smallest absolute Gasteiger partial charge is 0.328 e. The summed E-state index contributed by atoms with van der Waals surface area (Å²) in [6.07, 6.45) is 2.27. The Hall–Kier alpha value is -2.10. The highest BCUT2D eigenvalue weighted by molar-refractivity contribution is 6.02. The van der Waals surface area contributed by atoms with Crippen molar-refractivity contribution in [3.05, 3.63) is 48.0 Å². The van der Waals surface area contributed by atoms with Crippen LogP contribution in [0.2, 0.25) is 0 Å². The lowest BCUT2D eigenvalue weighted by Gasteiger charge is -2.25. The molecule has 0 aliphatic carbocycles. The Morgan fingerprint density at radius 2 is 1.65 bits per heavy atom. The standard InChI is InChI=1S/C13H12O4/c1-2-6-10-16-12(14)11(13(15)17-10)9-7-4-3-5-8-9/h2-8,10-11H,1H3/b6-2+. The van der Waals surface area contributed by atoms with Gasteiger partial charge in [-0.2, -0.15) is 0 Å². The second kappa shape index (κ2) is 4.82.